The highest BCUT2D eigenvalue weighted by atomic mass is 127. The van der Waals surface area contributed by atoms with E-state index in [9.17, 15) is 0 Å². The minimum absolute atomic E-state index is 0.000330. The average Bonchev–Trinajstić information content (AvgIpc) is 2.51. The third-order valence-electron chi connectivity index (χ3n) is 3.32. The van der Waals surface area contributed by atoms with Crippen molar-refractivity contribution in [3.8, 4) is 11.5 Å². The fourth-order valence-corrected chi connectivity index (χ4v) is 2.78. The molecule has 1 N–H and O–H groups in total. The lowest BCUT2D eigenvalue weighted by molar-refractivity contribution is 0.388. The number of hydrogen-bond acceptors (Lipinski definition) is 3. The maximum absolute atomic E-state index is 6.24. The van der Waals surface area contributed by atoms with E-state index in [2.05, 4.69) is 34.0 Å². The Bertz CT molecular complexity index is 634. The van der Waals surface area contributed by atoms with Crippen LogP contribution < -0.4 is 14.8 Å². The third kappa shape index (κ3) is 3.62. The molecule has 0 aliphatic heterocycles. The second-order valence-electron chi connectivity index (χ2n) is 4.50. The van der Waals surface area contributed by atoms with Crippen LogP contribution in [0.2, 0.25) is 5.02 Å². The van der Waals surface area contributed by atoms with E-state index in [1.165, 1.54) is 0 Å². The summed E-state index contributed by atoms with van der Waals surface area (Å²) in [6.07, 6.45) is 0. The van der Waals surface area contributed by atoms with Crippen molar-refractivity contribution in [2.24, 2.45) is 0 Å². The molecule has 0 aromatic heterocycles. The van der Waals surface area contributed by atoms with Crippen LogP contribution in [-0.2, 0) is 0 Å². The first-order valence-electron chi connectivity index (χ1n) is 6.44. The van der Waals surface area contributed by atoms with Gasteiger partial charge in [0.1, 0.15) is 11.5 Å². The molecule has 0 amide bonds. The lowest BCUT2D eigenvalue weighted by Crippen LogP contribution is -2.18. The summed E-state index contributed by atoms with van der Waals surface area (Å²) in [5.74, 6) is 1.55. The molecule has 0 radical (unpaired) electrons. The van der Waals surface area contributed by atoms with Crippen molar-refractivity contribution in [1.82, 2.24) is 5.32 Å². The Hall–Kier alpha value is -0.980. The van der Waals surface area contributed by atoms with Gasteiger partial charge in [0.15, 0.2) is 0 Å². The number of benzene rings is 2. The Morgan fingerprint density at radius 3 is 2.43 bits per heavy atom. The van der Waals surface area contributed by atoms with Crippen LogP contribution in [0.5, 0.6) is 11.5 Å². The summed E-state index contributed by atoms with van der Waals surface area (Å²) < 4.78 is 11.8. The molecule has 1 unspecified atom stereocenters. The standard InChI is InChI=1S/C16H17ClINO2/c1-19-16(10-4-7-14(18)13(17)8-10)12-6-5-11(20-2)9-15(12)21-3/h4-9,16,19H,1-3H3. The second-order valence-corrected chi connectivity index (χ2v) is 6.07. The molecule has 0 heterocycles. The largest absolute Gasteiger partial charge is 0.497 e. The molecule has 0 saturated carbocycles. The van der Waals surface area contributed by atoms with E-state index in [0.29, 0.717) is 0 Å². The minimum atomic E-state index is 0.000330. The third-order valence-corrected chi connectivity index (χ3v) is 4.89. The highest BCUT2D eigenvalue weighted by molar-refractivity contribution is 14.1. The molecule has 112 valence electrons. The zero-order chi connectivity index (χ0) is 15.4. The predicted molar refractivity (Wildman–Crippen MR) is 94.6 cm³/mol. The number of rotatable bonds is 5. The van der Waals surface area contributed by atoms with Crippen molar-refractivity contribution in [3.63, 3.8) is 0 Å². The topological polar surface area (TPSA) is 30.5 Å². The first-order chi connectivity index (χ1) is 10.1. The average molecular weight is 418 g/mol. The molecule has 2 rings (SSSR count). The molecule has 2 aromatic rings. The van der Waals surface area contributed by atoms with E-state index < -0.39 is 0 Å². The molecule has 0 fully saturated rings. The Kier molecular flexibility index (Phi) is 5.72. The van der Waals surface area contributed by atoms with Gasteiger partial charge in [-0.25, -0.2) is 0 Å². The Labute approximate surface area is 143 Å². The molecule has 3 nitrogen and oxygen atoms in total. The Morgan fingerprint density at radius 1 is 1.10 bits per heavy atom. The monoisotopic (exact) mass is 417 g/mol. The van der Waals surface area contributed by atoms with Gasteiger partial charge in [0, 0.05) is 15.2 Å². The van der Waals surface area contributed by atoms with Gasteiger partial charge in [-0.2, -0.15) is 0 Å². The van der Waals surface area contributed by atoms with Crippen LogP contribution >= 0.6 is 34.2 Å². The van der Waals surface area contributed by atoms with Crippen molar-refractivity contribution in [2.75, 3.05) is 21.3 Å². The fraction of sp³-hybridized carbons (Fsp3) is 0.250. The normalized spacial score (nSPS) is 12.0. The number of methoxy groups -OCH3 is 2. The predicted octanol–water partition coefficient (Wildman–Crippen LogP) is 4.27. The smallest absolute Gasteiger partial charge is 0.127 e. The van der Waals surface area contributed by atoms with Crippen molar-refractivity contribution in [1.29, 1.82) is 0 Å². The zero-order valence-electron chi connectivity index (χ0n) is 12.1. The second kappa shape index (κ2) is 7.33. The van der Waals surface area contributed by atoms with Crippen LogP contribution in [-0.4, -0.2) is 21.3 Å². The molecular formula is C16H17ClINO2. The van der Waals surface area contributed by atoms with E-state index in [1.54, 1.807) is 14.2 Å². The summed E-state index contributed by atoms with van der Waals surface area (Å²) >= 11 is 8.46. The molecule has 21 heavy (non-hydrogen) atoms. The molecule has 5 heteroatoms. The number of ether oxygens (including phenoxy) is 2. The van der Waals surface area contributed by atoms with Gasteiger partial charge in [0.05, 0.1) is 25.3 Å². The molecule has 0 saturated heterocycles. The lowest BCUT2D eigenvalue weighted by atomic mass is 9.98. The summed E-state index contributed by atoms with van der Waals surface area (Å²) in [6, 6.07) is 11.9. The SMILES string of the molecule is CNC(c1ccc(I)c(Cl)c1)c1ccc(OC)cc1OC. The van der Waals surface area contributed by atoms with Gasteiger partial charge in [0.25, 0.3) is 0 Å². The van der Waals surface area contributed by atoms with Crippen LogP contribution in [0.3, 0.4) is 0 Å². The van der Waals surface area contributed by atoms with Crippen LogP contribution in [0, 0.1) is 3.57 Å². The molecule has 0 bridgehead atoms. The molecular weight excluding hydrogens is 401 g/mol. The molecule has 0 spiro atoms. The van der Waals surface area contributed by atoms with Gasteiger partial charge < -0.3 is 14.8 Å². The maximum Gasteiger partial charge on any atom is 0.127 e. The van der Waals surface area contributed by atoms with Crippen LogP contribution in [0.1, 0.15) is 17.2 Å². The quantitative estimate of drug-likeness (QED) is 0.737. The molecule has 0 aliphatic rings. The van der Waals surface area contributed by atoms with Crippen LogP contribution in [0.25, 0.3) is 0 Å². The van der Waals surface area contributed by atoms with Gasteiger partial charge in [0.2, 0.25) is 0 Å². The highest BCUT2D eigenvalue weighted by Gasteiger charge is 2.18. The molecule has 0 aliphatic carbocycles. The lowest BCUT2D eigenvalue weighted by Gasteiger charge is -2.21. The van der Waals surface area contributed by atoms with Crippen LogP contribution in [0.4, 0.5) is 0 Å². The highest BCUT2D eigenvalue weighted by Crippen LogP contribution is 2.34. The first kappa shape index (κ1) is 16.4. The van der Waals surface area contributed by atoms with E-state index in [-0.39, 0.29) is 6.04 Å². The van der Waals surface area contributed by atoms with Crippen LogP contribution in [0.15, 0.2) is 36.4 Å². The summed E-state index contributed by atoms with van der Waals surface area (Å²) in [4.78, 5) is 0. The number of hydrogen-bond donors (Lipinski definition) is 1. The zero-order valence-corrected chi connectivity index (χ0v) is 15.0. The van der Waals surface area contributed by atoms with Gasteiger partial charge in [-0.05, 0) is 59.5 Å². The minimum Gasteiger partial charge on any atom is -0.497 e. The van der Waals surface area contributed by atoms with Crippen molar-refractivity contribution < 1.29 is 9.47 Å². The number of halogens is 2. The first-order valence-corrected chi connectivity index (χ1v) is 7.90. The van der Waals surface area contributed by atoms with E-state index >= 15 is 0 Å². The number of nitrogens with one attached hydrogen (secondary N) is 1. The van der Waals surface area contributed by atoms with Crippen molar-refractivity contribution in [2.45, 2.75) is 6.04 Å². The maximum atomic E-state index is 6.24. The summed E-state index contributed by atoms with van der Waals surface area (Å²) in [7, 11) is 5.22. The van der Waals surface area contributed by atoms with Gasteiger partial charge in [-0.1, -0.05) is 17.7 Å². The van der Waals surface area contributed by atoms with Gasteiger partial charge >= 0.3 is 0 Å². The summed E-state index contributed by atoms with van der Waals surface area (Å²) in [6.45, 7) is 0. The van der Waals surface area contributed by atoms with E-state index in [0.717, 1.165) is 31.2 Å². The summed E-state index contributed by atoms with van der Waals surface area (Å²) in [5.41, 5.74) is 2.13. The summed E-state index contributed by atoms with van der Waals surface area (Å²) in [5, 5.41) is 4.06. The van der Waals surface area contributed by atoms with Gasteiger partial charge in [-0.3, -0.25) is 0 Å². The van der Waals surface area contributed by atoms with Gasteiger partial charge in [-0.15, -0.1) is 0 Å². The molecule has 1 atom stereocenters. The molecule has 2 aromatic carbocycles. The van der Waals surface area contributed by atoms with Crippen molar-refractivity contribution in [3.05, 3.63) is 56.1 Å². The van der Waals surface area contributed by atoms with E-state index in [4.69, 9.17) is 21.1 Å². The van der Waals surface area contributed by atoms with E-state index in [1.807, 2.05) is 37.4 Å². The fourth-order valence-electron chi connectivity index (χ4n) is 2.25. The Balaban J connectivity index is 2.47. The Morgan fingerprint density at radius 2 is 1.86 bits per heavy atom. The van der Waals surface area contributed by atoms with Crippen molar-refractivity contribution >= 4 is 34.2 Å².